The molecule has 1 heterocycles. The van der Waals surface area contributed by atoms with Crippen LogP contribution in [0.25, 0.3) is 0 Å². The summed E-state index contributed by atoms with van der Waals surface area (Å²) in [5, 5.41) is 6.64. The van der Waals surface area contributed by atoms with E-state index in [4.69, 9.17) is 0 Å². The highest BCUT2D eigenvalue weighted by atomic mass is 16.1. The van der Waals surface area contributed by atoms with Gasteiger partial charge in [-0.05, 0) is 81.7 Å². The SMILES string of the molecule is CCC1CC2CC(C2)CC(C(=O)NCCC2CCNC2)C1. The van der Waals surface area contributed by atoms with Crippen molar-refractivity contribution in [3.8, 4) is 0 Å². The smallest absolute Gasteiger partial charge is 0.223 e. The van der Waals surface area contributed by atoms with Gasteiger partial charge in [0, 0.05) is 12.5 Å². The topological polar surface area (TPSA) is 41.1 Å². The predicted molar refractivity (Wildman–Crippen MR) is 85.9 cm³/mol. The number of hydrogen-bond donors (Lipinski definition) is 2. The Morgan fingerprint density at radius 2 is 1.90 bits per heavy atom. The number of rotatable bonds is 5. The largest absolute Gasteiger partial charge is 0.356 e. The molecule has 3 saturated carbocycles. The van der Waals surface area contributed by atoms with Crippen LogP contribution in [0.1, 0.15) is 58.3 Å². The molecule has 120 valence electrons. The minimum atomic E-state index is 0.294. The van der Waals surface area contributed by atoms with Crippen molar-refractivity contribution in [3.05, 3.63) is 0 Å². The van der Waals surface area contributed by atoms with Crippen LogP contribution in [0, 0.1) is 29.6 Å². The molecule has 3 heteroatoms. The van der Waals surface area contributed by atoms with Gasteiger partial charge in [-0.15, -0.1) is 0 Å². The molecule has 2 N–H and O–H groups in total. The molecule has 0 aromatic carbocycles. The molecule has 1 aliphatic heterocycles. The first-order valence-electron chi connectivity index (χ1n) is 9.23. The van der Waals surface area contributed by atoms with Crippen LogP contribution in [-0.4, -0.2) is 25.5 Å². The lowest BCUT2D eigenvalue weighted by Gasteiger charge is -2.42. The highest BCUT2D eigenvalue weighted by Gasteiger charge is 2.37. The third-order valence-electron chi connectivity index (χ3n) is 6.20. The van der Waals surface area contributed by atoms with Crippen molar-refractivity contribution >= 4 is 5.91 Å². The molecule has 0 aromatic heterocycles. The second-order valence-corrected chi connectivity index (χ2v) is 7.82. The number of nitrogens with one attached hydrogen (secondary N) is 2. The fourth-order valence-corrected chi connectivity index (χ4v) is 4.78. The molecular weight excluding hydrogens is 260 g/mol. The summed E-state index contributed by atoms with van der Waals surface area (Å²) < 4.78 is 0. The van der Waals surface area contributed by atoms with Crippen LogP contribution in [0.2, 0.25) is 0 Å². The van der Waals surface area contributed by atoms with Crippen LogP contribution in [-0.2, 0) is 4.79 Å². The third kappa shape index (κ3) is 4.00. The summed E-state index contributed by atoms with van der Waals surface area (Å²) in [6.45, 7) is 5.47. The molecule has 1 saturated heterocycles. The van der Waals surface area contributed by atoms with E-state index < -0.39 is 0 Å². The molecule has 4 rings (SSSR count). The summed E-state index contributed by atoms with van der Waals surface area (Å²) in [6.07, 6.45) is 10.1. The summed E-state index contributed by atoms with van der Waals surface area (Å²) in [4.78, 5) is 12.5. The van der Waals surface area contributed by atoms with Crippen LogP contribution in [0.5, 0.6) is 0 Å². The van der Waals surface area contributed by atoms with Gasteiger partial charge in [-0.3, -0.25) is 4.79 Å². The van der Waals surface area contributed by atoms with Crippen molar-refractivity contribution < 1.29 is 4.79 Å². The van der Waals surface area contributed by atoms with Crippen LogP contribution in [0.15, 0.2) is 0 Å². The second kappa shape index (κ2) is 7.13. The molecule has 1 amide bonds. The average Bonchev–Trinajstić information content (AvgIpc) is 2.89. The van der Waals surface area contributed by atoms with Crippen molar-refractivity contribution in [2.75, 3.05) is 19.6 Å². The maximum atomic E-state index is 12.5. The Morgan fingerprint density at radius 3 is 2.62 bits per heavy atom. The van der Waals surface area contributed by atoms with E-state index >= 15 is 0 Å². The van der Waals surface area contributed by atoms with Crippen molar-refractivity contribution in [1.82, 2.24) is 10.6 Å². The molecule has 0 aromatic rings. The van der Waals surface area contributed by atoms with Crippen molar-refractivity contribution in [2.45, 2.75) is 58.3 Å². The zero-order chi connectivity index (χ0) is 14.7. The molecule has 4 aliphatic rings. The predicted octanol–water partition coefficient (Wildman–Crippen LogP) is 2.95. The number of carbonyl (C=O) groups excluding carboxylic acids is 1. The molecular formula is C18H32N2O. The molecule has 0 spiro atoms. The number of carbonyl (C=O) groups is 1. The highest BCUT2D eigenvalue weighted by Crippen LogP contribution is 2.46. The maximum absolute atomic E-state index is 12.5. The fourth-order valence-electron chi connectivity index (χ4n) is 4.78. The lowest BCUT2D eigenvalue weighted by Crippen LogP contribution is -2.39. The highest BCUT2D eigenvalue weighted by molar-refractivity contribution is 5.78. The van der Waals surface area contributed by atoms with Gasteiger partial charge in [0.2, 0.25) is 5.91 Å². The first kappa shape index (κ1) is 15.3. The van der Waals surface area contributed by atoms with Crippen LogP contribution in [0.4, 0.5) is 0 Å². The first-order chi connectivity index (χ1) is 10.2. The molecule has 3 nitrogen and oxygen atoms in total. The van der Waals surface area contributed by atoms with E-state index in [1.165, 1.54) is 32.1 Å². The lowest BCUT2D eigenvalue weighted by molar-refractivity contribution is -0.127. The molecule has 3 atom stereocenters. The Hall–Kier alpha value is -0.570. The number of amides is 1. The van der Waals surface area contributed by atoms with Crippen LogP contribution in [0.3, 0.4) is 0 Å². The van der Waals surface area contributed by atoms with E-state index in [0.29, 0.717) is 11.8 Å². The second-order valence-electron chi connectivity index (χ2n) is 7.82. The Labute approximate surface area is 129 Å². The van der Waals surface area contributed by atoms with Gasteiger partial charge in [-0.2, -0.15) is 0 Å². The molecule has 2 bridgehead atoms. The van der Waals surface area contributed by atoms with Gasteiger partial charge in [0.05, 0.1) is 0 Å². The average molecular weight is 292 g/mol. The third-order valence-corrected chi connectivity index (χ3v) is 6.20. The van der Waals surface area contributed by atoms with E-state index in [9.17, 15) is 4.79 Å². The van der Waals surface area contributed by atoms with Gasteiger partial charge >= 0.3 is 0 Å². The monoisotopic (exact) mass is 292 g/mol. The van der Waals surface area contributed by atoms with E-state index in [1.54, 1.807) is 0 Å². The van der Waals surface area contributed by atoms with E-state index in [-0.39, 0.29) is 0 Å². The summed E-state index contributed by atoms with van der Waals surface area (Å²) in [5.74, 6) is 4.04. The Morgan fingerprint density at radius 1 is 1.10 bits per heavy atom. The number of hydrogen-bond acceptors (Lipinski definition) is 2. The van der Waals surface area contributed by atoms with Crippen molar-refractivity contribution in [3.63, 3.8) is 0 Å². The Bertz CT molecular complexity index is 345. The summed E-state index contributed by atoms with van der Waals surface area (Å²) in [7, 11) is 0. The molecule has 3 unspecified atom stereocenters. The maximum Gasteiger partial charge on any atom is 0.223 e. The molecule has 4 fully saturated rings. The molecule has 0 radical (unpaired) electrons. The van der Waals surface area contributed by atoms with Gasteiger partial charge in [0.25, 0.3) is 0 Å². The van der Waals surface area contributed by atoms with Gasteiger partial charge in [-0.25, -0.2) is 0 Å². The Kier molecular flexibility index (Phi) is 5.20. The zero-order valence-corrected chi connectivity index (χ0v) is 13.6. The fraction of sp³-hybridized carbons (Fsp3) is 0.944. The first-order valence-corrected chi connectivity index (χ1v) is 9.23. The van der Waals surface area contributed by atoms with Gasteiger partial charge < -0.3 is 10.6 Å². The minimum Gasteiger partial charge on any atom is -0.356 e. The van der Waals surface area contributed by atoms with E-state index in [0.717, 1.165) is 62.6 Å². The quantitative estimate of drug-likeness (QED) is 0.818. The molecule has 21 heavy (non-hydrogen) atoms. The van der Waals surface area contributed by atoms with Gasteiger partial charge in [-0.1, -0.05) is 13.3 Å². The lowest BCUT2D eigenvalue weighted by atomic mass is 9.63. The van der Waals surface area contributed by atoms with E-state index in [2.05, 4.69) is 17.6 Å². The molecule has 3 aliphatic carbocycles. The van der Waals surface area contributed by atoms with E-state index in [1.807, 2.05) is 0 Å². The van der Waals surface area contributed by atoms with Crippen molar-refractivity contribution in [1.29, 1.82) is 0 Å². The van der Waals surface area contributed by atoms with Gasteiger partial charge in [0.15, 0.2) is 0 Å². The summed E-state index contributed by atoms with van der Waals surface area (Å²) in [6, 6.07) is 0. The van der Waals surface area contributed by atoms with Crippen LogP contribution >= 0.6 is 0 Å². The normalized spacial score (nSPS) is 39.2. The zero-order valence-electron chi connectivity index (χ0n) is 13.6. The Balaban J connectivity index is 1.45. The minimum absolute atomic E-state index is 0.294. The van der Waals surface area contributed by atoms with Crippen LogP contribution < -0.4 is 10.6 Å². The standard InChI is InChI=1S/C18H32N2O/c1-2-13-7-15-8-16(9-15)11-17(10-13)18(21)20-6-4-14-3-5-19-12-14/h13-17,19H,2-12H2,1H3,(H,20,21). The van der Waals surface area contributed by atoms with Crippen molar-refractivity contribution in [2.24, 2.45) is 29.6 Å². The number of fused-ring (bicyclic) bond motifs is 4. The summed E-state index contributed by atoms with van der Waals surface area (Å²) in [5.41, 5.74) is 0. The summed E-state index contributed by atoms with van der Waals surface area (Å²) >= 11 is 0. The van der Waals surface area contributed by atoms with Gasteiger partial charge in [0.1, 0.15) is 0 Å².